The molecule has 0 spiro atoms. The maximum absolute atomic E-state index is 4.18. The molecule has 0 amide bonds. The monoisotopic (exact) mass is 243 g/mol. The zero-order chi connectivity index (χ0) is 12.2. The molecule has 5 nitrogen and oxygen atoms in total. The predicted octanol–water partition coefficient (Wildman–Crippen LogP) is 1.43. The minimum Gasteiger partial charge on any atom is -0.382 e. The van der Waals surface area contributed by atoms with Crippen LogP contribution in [0, 0.1) is 0 Å². The van der Waals surface area contributed by atoms with E-state index in [1.54, 1.807) is 17.3 Å². The van der Waals surface area contributed by atoms with Gasteiger partial charge in [-0.1, -0.05) is 12.1 Å². The molecule has 1 aliphatic heterocycles. The van der Waals surface area contributed by atoms with Crippen molar-refractivity contribution in [3.63, 3.8) is 0 Å². The van der Waals surface area contributed by atoms with Gasteiger partial charge in [-0.3, -0.25) is 0 Å². The lowest BCUT2D eigenvalue weighted by Crippen LogP contribution is -2.29. The Morgan fingerprint density at radius 1 is 1.39 bits per heavy atom. The van der Waals surface area contributed by atoms with E-state index in [0.29, 0.717) is 6.04 Å². The summed E-state index contributed by atoms with van der Waals surface area (Å²) in [6, 6.07) is 8.74. The van der Waals surface area contributed by atoms with E-state index in [0.717, 1.165) is 24.5 Å². The molecule has 0 radical (unpaired) electrons. The Bertz CT molecular complexity index is 488. The molecule has 2 heterocycles. The minimum absolute atomic E-state index is 0.578. The van der Waals surface area contributed by atoms with Crippen molar-refractivity contribution in [2.75, 3.05) is 18.4 Å². The molecule has 1 aromatic heterocycles. The molecule has 0 bridgehead atoms. The van der Waals surface area contributed by atoms with Crippen molar-refractivity contribution in [3.05, 3.63) is 36.9 Å². The van der Waals surface area contributed by atoms with Crippen molar-refractivity contribution in [1.29, 1.82) is 0 Å². The quantitative estimate of drug-likeness (QED) is 0.853. The molecule has 0 saturated carbocycles. The van der Waals surface area contributed by atoms with Gasteiger partial charge in [-0.05, 0) is 31.5 Å². The summed E-state index contributed by atoms with van der Waals surface area (Å²) in [5, 5.41) is 11.2. The molecule has 0 aliphatic carbocycles. The second-order valence-corrected chi connectivity index (χ2v) is 4.53. The molecule has 94 valence electrons. The van der Waals surface area contributed by atoms with Crippen LogP contribution in [0.25, 0.3) is 5.69 Å². The van der Waals surface area contributed by atoms with Crippen LogP contribution in [0.4, 0.5) is 5.69 Å². The SMILES string of the molecule is c1ccc(-n2cncn2)c(NCC2CCCN2)c1. The third-order valence-corrected chi connectivity index (χ3v) is 3.27. The van der Waals surface area contributed by atoms with Gasteiger partial charge in [0, 0.05) is 12.6 Å². The Morgan fingerprint density at radius 3 is 3.11 bits per heavy atom. The molecule has 3 rings (SSSR count). The number of benzene rings is 1. The van der Waals surface area contributed by atoms with E-state index in [2.05, 4.69) is 26.8 Å². The lowest BCUT2D eigenvalue weighted by atomic mass is 10.2. The number of aromatic nitrogens is 3. The molecule has 2 aromatic rings. The fraction of sp³-hybridized carbons (Fsp3) is 0.385. The lowest BCUT2D eigenvalue weighted by molar-refractivity contribution is 0.633. The first kappa shape index (κ1) is 11.2. The van der Waals surface area contributed by atoms with E-state index in [-0.39, 0.29) is 0 Å². The van der Waals surface area contributed by atoms with Gasteiger partial charge in [-0.25, -0.2) is 9.67 Å². The molecule has 1 unspecified atom stereocenters. The number of para-hydroxylation sites is 2. The fourth-order valence-corrected chi connectivity index (χ4v) is 2.32. The Kier molecular flexibility index (Phi) is 3.23. The van der Waals surface area contributed by atoms with Crippen LogP contribution in [0.5, 0.6) is 0 Å². The van der Waals surface area contributed by atoms with Gasteiger partial charge in [0.2, 0.25) is 0 Å². The van der Waals surface area contributed by atoms with Crippen LogP contribution in [0.2, 0.25) is 0 Å². The van der Waals surface area contributed by atoms with E-state index in [1.807, 2.05) is 18.2 Å². The standard InChI is InChI=1S/C13H17N5/c1-2-6-13(18-10-14-9-17-18)12(5-1)16-8-11-4-3-7-15-11/h1-2,5-6,9-11,15-16H,3-4,7-8H2. The number of nitrogens with zero attached hydrogens (tertiary/aromatic N) is 3. The average Bonchev–Trinajstić information content (AvgIpc) is 3.10. The normalized spacial score (nSPS) is 19.0. The summed E-state index contributed by atoms with van der Waals surface area (Å²) >= 11 is 0. The van der Waals surface area contributed by atoms with Crippen molar-refractivity contribution in [1.82, 2.24) is 20.1 Å². The smallest absolute Gasteiger partial charge is 0.138 e. The maximum Gasteiger partial charge on any atom is 0.138 e. The van der Waals surface area contributed by atoms with Crippen molar-refractivity contribution < 1.29 is 0 Å². The van der Waals surface area contributed by atoms with Gasteiger partial charge in [0.25, 0.3) is 0 Å². The van der Waals surface area contributed by atoms with E-state index in [4.69, 9.17) is 0 Å². The Morgan fingerprint density at radius 2 is 2.33 bits per heavy atom. The van der Waals surface area contributed by atoms with Gasteiger partial charge < -0.3 is 10.6 Å². The summed E-state index contributed by atoms with van der Waals surface area (Å²) in [6.45, 7) is 2.09. The van der Waals surface area contributed by atoms with Gasteiger partial charge >= 0.3 is 0 Å². The topological polar surface area (TPSA) is 54.8 Å². The molecule has 1 aliphatic rings. The highest BCUT2D eigenvalue weighted by Gasteiger charge is 2.14. The molecule has 1 saturated heterocycles. The summed E-state index contributed by atoms with van der Waals surface area (Å²) < 4.78 is 1.78. The highest BCUT2D eigenvalue weighted by atomic mass is 15.3. The van der Waals surface area contributed by atoms with Crippen LogP contribution in [0.15, 0.2) is 36.9 Å². The summed E-state index contributed by atoms with van der Waals surface area (Å²) in [4.78, 5) is 3.99. The van der Waals surface area contributed by atoms with E-state index in [1.165, 1.54) is 12.8 Å². The Balaban J connectivity index is 1.75. The first-order valence-electron chi connectivity index (χ1n) is 6.35. The Hall–Kier alpha value is -1.88. The fourth-order valence-electron chi connectivity index (χ4n) is 2.32. The summed E-state index contributed by atoms with van der Waals surface area (Å²) in [5.74, 6) is 0. The molecular weight excluding hydrogens is 226 g/mol. The highest BCUT2D eigenvalue weighted by Crippen LogP contribution is 2.19. The van der Waals surface area contributed by atoms with Gasteiger partial charge in [0.05, 0.1) is 11.4 Å². The van der Waals surface area contributed by atoms with Crippen LogP contribution in [0.1, 0.15) is 12.8 Å². The minimum atomic E-state index is 0.578. The van der Waals surface area contributed by atoms with Gasteiger partial charge in [-0.15, -0.1) is 0 Å². The van der Waals surface area contributed by atoms with Crippen molar-refractivity contribution in [3.8, 4) is 5.69 Å². The van der Waals surface area contributed by atoms with E-state index in [9.17, 15) is 0 Å². The second kappa shape index (κ2) is 5.18. The molecule has 1 atom stereocenters. The van der Waals surface area contributed by atoms with Crippen LogP contribution < -0.4 is 10.6 Å². The predicted molar refractivity (Wildman–Crippen MR) is 70.9 cm³/mol. The Labute approximate surface area is 106 Å². The largest absolute Gasteiger partial charge is 0.382 e. The summed E-state index contributed by atoms with van der Waals surface area (Å²) in [7, 11) is 0. The summed E-state index contributed by atoms with van der Waals surface area (Å²) in [6.07, 6.45) is 5.79. The molecule has 5 heteroatoms. The molecule has 1 fully saturated rings. The number of hydrogen-bond acceptors (Lipinski definition) is 4. The van der Waals surface area contributed by atoms with Crippen LogP contribution in [-0.2, 0) is 0 Å². The van der Waals surface area contributed by atoms with E-state index >= 15 is 0 Å². The number of nitrogens with one attached hydrogen (secondary N) is 2. The first-order valence-corrected chi connectivity index (χ1v) is 6.35. The zero-order valence-corrected chi connectivity index (χ0v) is 10.2. The van der Waals surface area contributed by atoms with Gasteiger partial charge in [0.15, 0.2) is 0 Å². The van der Waals surface area contributed by atoms with Crippen molar-refractivity contribution in [2.45, 2.75) is 18.9 Å². The lowest BCUT2D eigenvalue weighted by Gasteiger charge is -2.15. The summed E-state index contributed by atoms with van der Waals surface area (Å²) in [5.41, 5.74) is 2.13. The van der Waals surface area contributed by atoms with Crippen LogP contribution in [-0.4, -0.2) is 33.9 Å². The third kappa shape index (κ3) is 2.36. The third-order valence-electron chi connectivity index (χ3n) is 3.27. The average molecular weight is 243 g/mol. The number of anilines is 1. The first-order chi connectivity index (χ1) is 8.93. The highest BCUT2D eigenvalue weighted by molar-refractivity contribution is 5.60. The molecule has 18 heavy (non-hydrogen) atoms. The van der Waals surface area contributed by atoms with Gasteiger partial charge in [0.1, 0.15) is 12.7 Å². The van der Waals surface area contributed by atoms with Gasteiger partial charge in [-0.2, -0.15) is 5.10 Å². The second-order valence-electron chi connectivity index (χ2n) is 4.53. The number of rotatable bonds is 4. The van der Waals surface area contributed by atoms with Crippen molar-refractivity contribution >= 4 is 5.69 Å². The molecular formula is C13H17N5. The molecule has 2 N–H and O–H groups in total. The maximum atomic E-state index is 4.18. The van der Waals surface area contributed by atoms with Crippen LogP contribution in [0.3, 0.4) is 0 Å². The molecule has 1 aromatic carbocycles. The van der Waals surface area contributed by atoms with Crippen molar-refractivity contribution in [2.24, 2.45) is 0 Å². The van der Waals surface area contributed by atoms with E-state index < -0.39 is 0 Å². The zero-order valence-electron chi connectivity index (χ0n) is 10.2. The number of hydrogen-bond donors (Lipinski definition) is 2. The van der Waals surface area contributed by atoms with Crippen LogP contribution >= 0.6 is 0 Å².